The minimum Gasteiger partial charge on any atom is -0.508 e. The summed E-state index contributed by atoms with van der Waals surface area (Å²) in [7, 11) is 0. The van der Waals surface area contributed by atoms with Gasteiger partial charge in [0.1, 0.15) is 5.75 Å². The van der Waals surface area contributed by atoms with Gasteiger partial charge in [-0.3, -0.25) is 0 Å². The van der Waals surface area contributed by atoms with E-state index in [4.69, 9.17) is 0 Å². The topological polar surface area (TPSA) is 93.3 Å². The number of aryl methyl sites for hydroxylation is 1. The lowest BCUT2D eigenvalue weighted by Crippen LogP contribution is -2.44. The predicted octanol–water partition coefficient (Wildman–Crippen LogP) is 3.22. The van der Waals surface area contributed by atoms with Gasteiger partial charge >= 0.3 is 5.69 Å². The quantitative estimate of drug-likeness (QED) is 0.449. The first kappa shape index (κ1) is 24.2. The van der Waals surface area contributed by atoms with E-state index in [1.54, 1.807) is 12.1 Å². The van der Waals surface area contributed by atoms with E-state index >= 15 is 0 Å². The third-order valence-electron chi connectivity index (χ3n) is 7.15. The molecule has 0 bridgehead atoms. The van der Waals surface area contributed by atoms with Crippen molar-refractivity contribution in [1.82, 2.24) is 25.5 Å². The predicted molar refractivity (Wildman–Crippen MR) is 137 cm³/mol. The molecule has 7 heteroatoms. The zero-order valence-electron chi connectivity index (χ0n) is 20.5. The Kier molecular flexibility index (Phi) is 7.54. The lowest BCUT2D eigenvalue weighted by molar-refractivity contribution is 0.207. The van der Waals surface area contributed by atoms with Crippen LogP contribution in [0.4, 0.5) is 0 Å². The molecular formula is C27H37N5O2. The Balaban J connectivity index is 1.34. The highest BCUT2D eigenvalue weighted by Crippen LogP contribution is 2.33. The number of aromatic nitrogens is 2. The first-order valence-corrected chi connectivity index (χ1v) is 12.4. The number of nitrogens with zero attached hydrogens (tertiary/aromatic N) is 2. The van der Waals surface area contributed by atoms with E-state index in [1.807, 2.05) is 19.1 Å². The number of benzene rings is 1. The number of phenolic OH excluding ortho intramolecular Hbond substituents is 1. The first-order valence-electron chi connectivity index (χ1n) is 12.4. The second-order valence-corrected chi connectivity index (χ2v) is 9.69. The van der Waals surface area contributed by atoms with Crippen LogP contribution in [0.25, 0.3) is 11.3 Å². The van der Waals surface area contributed by atoms with Gasteiger partial charge in [0, 0.05) is 41.5 Å². The number of nitrogens with one attached hydrogen (secondary N) is 3. The zero-order chi connectivity index (χ0) is 24.1. The van der Waals surface area contributed by atoms with Gasteiger partial charge in [-0.1, -0.05) is 26.0 Å². The average Bonchev–Trinajstić information content (AvgIpc) is 2.84. The molecule has 1 aromatic heterocycles. The third kappa shape index (κ3) is 5.77. The summed E-state index contributed by atoms with van der Waals surface area (Å²) in [5.74, 6) is 0.234. The molecule has 2 heterocycles. The van der Waals surface area contributed by atoms with E-state index in [2.05, 4.69) is 57.6 Å². The van der Waals surface area contributed by atoms with Crippen LogP contribution in [0, 0.1) is 6.92 Å². The molecule has 1 saturated heterocycles. The molecule has 4 N–H and O–H groups in total. The summed E-state index contributed by atoms with van der Waals surface area (Å²) in [4.78, 5) is 22.0. The molecule has 182 valence electrons. The highest BCUT2D eigenvalue weighted by atomic mass is 16.3. The number of allylic oxidation sites excluding steroid dienone is 3. The number of aromatic hydroxyl groups is 1. The van der Waals surface area contributed by atoms with Crippen LogP contribution in [-0.4, -0.2) is 58.7 Å². The molecule has 2 aliphatic rings. The summed E-state index contributed by atoms with van der Waals surface area (Å²) in [5.41, 5.74) is 3.45. The highest BCUT2D eigenvalue weighted by molar-refractivity contribution is 5.62. The molecule has 1 fully saturated rings. The smallest absolute Gasteiger partial charge is 0.345 e. The molecule has 0 amide bonds. The fourth-order valence-corrected chi connectivity index (χ4v) is 4.73. The number of likely N-dealkylation sites (tertiary alicyclic amines) is 1. The van der Waals surface area contributed by atoms with Gasteiger partial charge in [-0.25, -0.2) is 4.79 Å². The minimum atomic E-state index is -0.364. The fraction of sp³-hybridized carbons (Fsp3) is 0.481. The van der Waals surface area contributed by atoms with Crippen LogP contribution in [-0.2, 0) is 5.41 Å². The summed E-state index contributed by atoms with van der Waals surface area (Å²) < 4.78 is 0. The van der Waals surface area contributed by atoms with E-state index in [0.717, 1.165) is 48.6 Å². The molecule has 1 aromatic carbocycles. The Morgan fingerprint density at radius 2 is 2.03 bits per heavy atom. The summed E-state index contributed by atoms with van der Waals surface area (Å²) in [6, 6.07) is 7.84. The normalized spacial score (nSPS) is 21.4. The summed E-state index contributed by atoms with van der Waals surface area (Å²) in [6.07, 6.45) is 9.69. The number of H-pyrrole nitrogens is 1. The summed E-state index contributed by atoms with van der Waals surface area (Å²) in [6.45, 7) is 11.6. The molecule has 0 spiro atoms. The maximum absolute atomic E-state index is 12.3. The molecule has 7 nitrogen and oxygen atoms in total. The molecule has 34 heavy (non-hydrogen) atoms. The second kappa shape index (κ2) is 10.6. The molecule has 4 rings (SSSR count). The van der Waals surface area contributed by atoms with Gasteiger partial charge in [-0.05, 0) is 81.7 Å². The number of phenols is 1. The van der Waals surface area contributed by atoms with Crippen molar-refractivity contribution in [2.75, 3.05) is 32.7 Å². The van der Waals surface area contributed by atoms with Gasteiger partial charge in [0.05, 0.1) is 5.69 Å². The van der Waals surface area contributed by atoms with Crippen LogP contribution < -0.4 is 16.3 Å². The maximum Gasteiger partial charge on any atom is 0.345 e. The highest BCUT2D eigenvalue weighted by Gasteiger charge is 2.27. The fourth-order valence-electron chi connectivity index (χ4n) is 4.73. The van der Waals surface area contributed by atoms with Crippen molar-refractivity contribution in [3.05, 3.63) is 69.9 Å². The monoisotopic (exact) mass is 463 g/mol. The molecule has 2 aromatic rings. The maximum atomic E-state index is 12.3. The molecule has 1 aliphatic carbocycles. The standard InChI is InChI=1S/C27H37N5O2/c1-4-32-15-9-22(10-16-32)29-14-13-28-21-7-11-27(3,12-8-21)25-18-23(30-26(34)31-25)20-5-6-24(33)19(2)17-20/h5-8,11,17-18,22,28-29,33H,4,9-10,12-16H2,1-3H3,(H,30,31,34). The van der Waals surface area contributed by atoms with Gasteiger partial charge in [0.25, 0.3) is 0 Å². The Bertz CT molecular complexity index is 1110. The van der Waals surface area contributed by atoms with E-state index in [9.17, 15) is 9.90 Å². The summed E-state index contributed by atoms with van der Waals surface area (Å²) >= 11 is 0. The average molecular weight is 464 g/mol. The van der Waals surface area contributed by atoms with Crippen molar-refractivity contribution in [2.45, 2.75) is 51.5 Å². The molecule has 1 atom stereocenters. The SMILES string of the molecule is CCN1CCC(NCCNC2=CCC(C)(c3cc(-c4ccc(O)c(C)c4)nc(=O)[nH]3)C=C2)CC1. The molecule has 0 radical (unpaired) electrons. The second-order valence-electron chi connectivity index (χ2n) is 9.69. The Morgan fingerprint density at radius 3 is 2.71 bits per heavy atom. The number of piperidine rings is 1. The van der Waals surface area contributed by atoms with Crippen LogP contribution in [0.5, 0.6) is 5.75 Å². The Morgan fingerprint density at radius 1 is 1.24 bits per heavy atom. The molecule has 1 unspecified atom stereocenters. The minimum absolute atomic E-state index is 0.234. The number of hydrogen-bond acceptors (Lipinski definition) is 6. The third-order valence-corrected chi connectivity index (χ3v) is 7.15. The van der Waals surface area contributed by atoms with Crippen LogP contribution in [0.3, 0.4) is 0 Å². The van der Waals surface area contributed by atoms with Gasteiger partial charge in [-0.2, -0.15) is 4.98 Å². The van der Waals surface area contributed by atoms with Gasteiger partial charge in [0.2, 0.25) is 0 Å². The van der Waals surface area contributed by atoms with Crippen molar-refractivity contribution in [3.63, 3.8) is 0 Å². The van der Waals surface area contributed by atoms with Crippen molar-refractivity contribution < 1.29 is 5.11 Å². The number of rotatable bonds is 8. The van der Waals surface area contributed by atoms with Crippen LogP contribution in [0.15, 0.2) is 53.0 Å². The van der Waals surface area contributed by atoms with Crippen LogP contribution in [0.2, 0.25) is 0 Å². The summed E-state index contributed by atoms with van der Waals surface area (Å²) in [5, 5.41) is 17.0. The van der Waals surface area contributed by atoms with Crippen LogP contribution >= 0.6 is 0 Å². The number of aromatic amines is 1. The van der Waals surface area contributed by atoms with Crippen molar-refractivity contribution in [3.8, 4) is 17.0 Å². The van der Waals surface area contributed by atoms with Crippen molar-refractivity contribution in [2.24, 2.45) is 0 Å². The van der Waals surface area contributed by atoms with Crippen LogP contribution in [0.1, 0.15) is 44.4 Å². The first-order chi connectivity index (χ1) is 16.4. The largest absolute Gasteiger partial charge is 0.508 e. The van der Waals surface area contributed by atoms with E-state index in [-0.39, 0.29) is 16.9 Å². The van der Waals surface area contributed by atoms with Crippen molar-refractivity contribution in [1.29, 1.82) is 0 Å². The van der Waals surface area contributed by atoms with Gasteiger partial charge in [-0.15, -0.1) is 0 Å². The molecular weight excluding hydrogens is 426 g/mol. The molecule has 0 saturated carbocycles. The van der Waals surface area contributed by atoms with Gasteiger partial charge in [0.15, 0.2) is 0 Å². The molecule has 1 aliphatic heterocycles. The lowest BCUT2D eigenvalue weighted by atomic mass is 9.79. The Hall–Kier alpha value is -2.90. The lowest BCUT2D eigenvalue weighted by Gasteiger charge is -2.31. The van der Waals surface area contributed by atoms with E-state index in [0.29, 0.717) is 11.7 Å². The van der Waals surface area contributed by atoms with Gasteiger partial charge < -0.3 is 25.6 Å². The van der Waals surface area contributed by atoms with E-state index in [1.165, 1.54) is 25.9 Å². The number of hydrogen-bond donors (Lipinski definition) is 4. The zero-order valence-corrected chi connectivity index (χ0v) is 20.5. The Labute approximate surface area is 202 Å². The van der Waals surface area contributed by atoms with Crippen molar-refractivity contribution >= 4 is 0 Å². The van der Waals surface area contributed by atoms with E-state index < -0.39 is 0 Å².